The molecule has 34 heavy (non-hydrogen) atoms. The lowest BCUT2D eigenvalue weighted by Crippen LogP contribution is -2.48. The number of carbonyl (C=O) groups is 2. The maximum atomic E-state index is 13.8. The highest BCUT2D eigenvalue weighted by Crippen LogP contribution is 2.36. The van der Waals surface area contributed by atoms with E-state index < -0.39 is 11.5 Å². The summed E-state index contributed by atoms with van der Waals surface area (Å²) in [6.07, 6.45) is 12.1. The van der Waals surface area contributed by atoms with Crippen molar-refractivity contribution in [2.24, 2.45) is 17.6 Å². The number of rotatable bonds is 9. The maximum Gasteiger partial charge on any atom is 0.306 e. The number of halogens is 1. The highest BCUT2D eigenvalue weighted by Gasteiger charge is 2.39. The molecule has 6 heteroatoms. The predicted molar refractivity (Wildman–Crippen MR) is 133 cm³/mol. The van der Waals surface area contributed by atoms with E-state index in [4.69, 9.17) is 22.1 Å². The molecular weight excluding hydrogens is 448 g/mol. The number of carbonyl (C=O) groups excluding carboxylic acids is 2. The zero-order valence-corrected chi connectivity index (χ0v) is 20.5. The van der Waals surface area contributed by atoms with Gasteiger partial charge in [-0.1, -0.05) is 36.2 Å². The Bertz CT molecular complexity index is 959. The van der Waals surface area contributed by atoms with Crippen LogP contribution in [0.15, 0.2) is 48.8 Å². The van der Waals surface area contributed by atoms with Crippen LogP contribution < -0.4 is 5.73 Å². The largest absolute Gasteiger partial charge is 0.462 e. The van der Waals surface area contributed by atoms with Gasteiger partial charge in [-0.3, -0.25) is 14.6 Å². The zero-order chi connectivity index (χ0) is 24.0. The van der Waals surface area contributed by atoms with Gasteiger partial charge < -0.3 is 10.5 Å². The molecule has 0 aliphatic heterocycles. The molecule has 1 aromatic carbocycles. The van der Waals surface area contributed by atoms with Gasteiger partial charge in [0.15, 0.2) is 0 Å². The number of nitrogens with zero attached hydrogens (tertiary/aromatic N) is 1. The second-order valence-electron chi connectivity index (χ2n) is 10.2. The molecule has 0 saturated heterocycles. The number of ketones is 1. The quantitative estimate of drug-likeness (QED) is 0.479. The summed E-state index contributed by atoms with van der Waals surface area (Å²) >= 11 is 6.03. The van der Waals surface area contributed by atoms with Gasteiger partial charge in [0, 0.05) is 34.8 Å². The molecule has 2 N–H and O–H groups in total. The highest BCUT2D eigenvalue weighted by molar-refractivity contribution is 6.30. The standard InChI is InChI=1S/C28H35ClN2O3/c29-24-11-9-20(10-12-24)17-28(30)13-3-6-22(18-28)27(33)23(15-21-5-4-14-31-19-21)16-26(32)34-25-7-1-2-8-25/h4-5,9-12,14,19,22-23,25H,1-3,6-8,13,15-18,30H2/t22?,23-,28-/m1/s1. The van der Waals surface area contributed by atoms with Crippen LogP contribution >= 0.6 is 11.6 Å². The number of aromatic nitrogens is 1. The van der Waals surface area contributed by atoms with Crippen molar-refractivity contribution in [2.45, 2.75) is 82.3 Å². The monoisotopic (exact) mass is 482 g/mol. The summed E-state index contributed by atoms with van der Waals surface area (Å²) in [6.45, 7) is 0. The molecule has 3 atom stereocenters. The summed E-state index contributed by atoms with van der Waals surface area (Å²) in [6, 6.07) is 11.6. The van der Waals surface area contributed by atoms with Crippen LogP contribution in [-0.2, 0) is 27.2 Å². The lowest BCUT2D eigenvalue weighted by molar-refractivity contribution is -0.152. The van der Waals surface area contributed by atoms with Crippen molar-refractivity contribution >= 4 is 23.4 Å². The molecule has 5 nitrogen and oxygen atoms in total. The molecule has 2 aliphatic carbocycles. The van der Waals surface area contributed by atoms with Gasteiger partial charge in [-0.25, -0.2) is 0 Å². The minimum Gasteiger partial charge on any atom is -0.462 e. The van der Waals surface area contributed by atoms with Crippen molar-refractivity contribution in [1.82, 2.24) is 4.98 Å². The molecule has 4 rings (SSSR count). The fourth-order valence-corrected chi connectivity index (χ4v) is 5.79. The number of hydrogen-bond donors (Lipinski definition) is 1. The van der Waals surface area contributed by atoms with E-state index in [1.165, 1.54) is 0 Å². The van der Waals surface area contributed by atoms with E-state index in [1.807, 2.05) is 36.4 Å². The fourth-order valence-electron chi connectivity index (χ4n) is 5.66. The molecule has 0 bridgehead atoms. The van der Waals surface area contributed by atoms with Crippen LogP contribution in [0.4, 0.5) is 0 Å². The van der Waals surface area contributed by atoms with Crippen molar-refractivity contribution in [3.05, 3.63) is 64.9 Å². The van der Waals surface area contributed by atoms with Gasteiger partial charge in [0.1, 0.15) is 11.9 Å². The first-order valence-corrected chi connectivity index (χ1v) is 12.9. The molecule has 2 aromatic rings. The lowest BCUT2D eigenvalue weighted by Gasteiger charge is -2.38. The topological polar surface area (TPSA) is 82.3 Å². The summed E-state index contributed by atoms with van der Waals surface area (Å²) in [4.78, 5) is 30.7. The van der Waals surface area contributed by atoms with Crippen LogP contribution in [0.3, 0.4) is 0 Å². The first kappa shape index (κ1) is 24.9. The van der Waals surface area contributed by atoms with Gasteiger partial charge in [0.2, 0.25) is 0 Å². The molecule has 0 radical (unpaired) electrons. The molecule has 0 amide bonds. The Morgan fingerprint density at radius 1 is 1.09 bits per heavy atom. The summed E-state index contributed by atoms with van der Waals surface area (Å²) < 4.78 is 5.70. The van der Waals surface area contributed by atoms with E-state index in [-0.39, 0.29) is 30.2 Å². The van der Waals surface area contributed by atoms with E-state index in [1.54, 1.807) is 12.4 Å². The summed E-state index contributed by atoms with van der Waals surface area (Å²) in [5, 5.41) is 0.703. The van der Waals surface area contributed by atoms with Crippen molar-refractivity contribution in [3.8, 4) is 0 Å². The van der Waals surface area contributed by atoms with Crippen molar-refractivity contribution in [1.29, 1.82) is 0 Å². The number of benzene rings is 1. The number of hydrogen-bond acceptors (Lipinski definition) is 5. The number of pyridine rings is 1. The first-order chi connectivity index (χ1) is 16.4. The minimum atomic E-state index is -0.435. The Labute approximate surface area is 207 Å². The van der Waals surface area contributed by atoms with Gasteiger partial charge in [-0.2, -0.15) is 0 Å². The molecule has 1 unspecified atom stereocenters. The Hall–Kier alpha value is -2.24. The van der Waals surface area contributed by atoms with E-state index in [0.717, 1.165) is 56.1 Å². The average molecular weight is 483 g/mol. The van der Waals surface area contributed by atoms with Gasteiger partial charge in [0.05, 0.1) is 6.42 Å². The number of ether oxygens (including phenoxy) is 1. The molecule has 0 spiro atoms. The van der Waals surface area contributed by atoms with E-state index >= 15 is 0 Å². The Morgan fingerprint density at radius 2 is 1.85 bits per heavy atom. The molecule has 1 heterocycles. The third-order valence-corrected chi connectivity index (χ3v) is 7.62. The molecule has 2 aliphatic rings. The minimum absolute atomic E-state index is 0.00684. The van der Waals surface area contributed by atoms with Crippen LogP contribution in [0, 0.1) is 11.8 Å². The van der Waals surface area contributed by atoms with Crippen LogP contribution in [0.25, 0.3) is 0 Å². The predicted octanol–water partition coefficient (Wildman–Crippen LogP) is 5.47. The molecular formula is C28H35ClN2O3. The van der Waals surface area contributed by atoms with Crippen molar-refractivity contribution < 1.29 is 14.3 Å². The van der Waals surface area contributed by atoms with E-state index in [0.29, 0.717) is 24.3 Å². The third kappa shape index (κ3) is 6.89. The van der Waals surface area contributed by atoms with Gasteiger partial charge in [0.25, 0.3) is 0 Å². The van der Waals surface area contributed by atoms with Crippen LogP contribution in [-0.4, -0.2) is 28.4 Å². The van der Waals surface area contributed by atoms with Gasteiger partial charge in [-0.15, -0.1) is 0 Å². The molecule has 2 saturated carbocycles. The number of esters is 1. The normalized spacial score (nSPS) is 24.0. The van der Waals surface area contributed by atoms with Crippen LogP contribution in [0.1, 0.15) is 68.9 Å². The summed E-state index contributed by atoms with van der Waals surface area (Å²) in [5.74, 6) is -0.684. The lowest BCUT2D eigenvalue weighted by atomic mass is 9.69. The first-order valence-electron chi connectivity index (χ1n) is 12.6. The summed E-state index contributed by atoms with van der Waals surface area (Å²) in [7, 11) is 0. The maximum absolute atomic E-state index is 13.8. The Morgan fingerprint density at radius 3 is 2.56 bits per heavy atom. The van der Waals surface area contributed by atoms with E-state index in [2.05, 4.69) is 4.98 Å². The smallest absolute Gasteiger partial charge is 0.306 e. The summed E-state index contributed by atoms with van der Waals surface area (Å²) in [5.41, 5.74) is 8.49. The Balaban J connectivity index is 1.45. The highest BCUT2D eigenvalue weighted by atomic mass is 35.5. The second kappa shape index (κ2) is 11.5. The average Bonchev–Trinajstić information content (AvgIpc) is 3.33. The van der Waals surface area contributed by atoms with Gasteiger partial charge >= 0.3 is 5.97 Å². The van der Waals surface area contributed by atoms with Crippen molar-refractivity contribution in [3.63, 3.8) is 0 Å². The van der Waals surface area contributed by atoms with Gasteiger partial charge in [-0.05, 0) is 87.1 Å². The molecule has 2 fully saturated rings. The fraction of sp³-hybridized carbons (Fsp3) is 0.536. The van der Waals surface area contributed by atoms with Crippen molar-refractivity contribution in [2.75, 3.05) is 0 Å². The van der Waals surface area contributed by atoms with Crippen LogP contribution in [0.2, 0.25) is 5.02 Å². The molecule has 1 aromatic heterocycles. The second-order valence-corrected chi connectivity index (χ2v) is 10.7. The number of Topliss-reactive ketones (excluding diaryl/α,β-unsaturated/α-hetero) is 1. The zero-order valence-electron chi connectivity index (χ0n) is 19.8. The molecule has 182 valence electrons. The Kier molecular flexibility index (Phi) is 8.38. The third-order valence-electron chi connectivity index (χ3n) is 7.37. The van der Waals surface area contributed by atoms with Crippen LogP contribution in [0.5, 0.6) is 0 Å². The SMILES string of the molecule is N[C@@]1(Cc2ccc(Cl)cc2)CCCC(C(=O)[C@@H](CC(=O)OC2CCCC2)Cc2cccnc2)C1. The number of nitrogens with two attached hydrogens (primary N) is 1. The van der Waals surface area contributed by atoms with E-state index in [9.17, 15) is 9.59 Å².